The second-order valence-electron chi connectivity index (χ2n) is 6.43. The Morgan fingerprint density at radius 3 is 2.76 bits per heavy atom. The number of benzene rings is 1. The van der Waals surface area contributed by atoms with Crippen LogP contribution in [0.3, 0.4) is 0 Å². The first-order valence-electron chi connectivity index (χ1n) is 7.61. The Bertz CT molecular complexity index is 613. The lowest BCUT2D eigenvalue weighted by atomic mass is 9.83. The first-order valence-corrected chi connectivity index (χ1v) is 7.61. The van der Waals surface area contributed by atoms with Crippen LogP contribution < -0.4 is 16.0 Å². The van der Waals surface area contributed by atoms with Gasteiger partial charge in [0.1, 0.15) is 6.54 Å². The maximum absolute atomic E-state index is 13.0. The Morgan fingerprint density at radius 1 is 1.24 bits per heavy atom. The van der Waals surface area contributed by atoms with Gasteiger partial charge in [0.25, 0.3) is 0 Å². The van der Waals surface area contributed by atoms with E-state index < -0.39 is 0 Å². The van der Waals surface area contributed by atoms with Crippen LogP contribution in [0.1, 0.15) is 19.3 Å². The number of hydrogen-bond acceptors (Lipinski definition) is 3. The monoisotopic (exact) mass is 285 g/mol. The van der Waals surface area contributed by atoms with Crippen LogP contribution in [0.4, 0.5) is 11.4 Å². The van der Waals surface area contributed by atoms with Crippen LogP contribution in [0.15, 0.2) is 24.3 Å². The van der Waals surface area contributed by atoms with Gasteiger partial charge in [0.05, 0.1) is 17.3 Å². The topological polar surface area (TPSA) is 75.4 Å². The van der Waals surface area contributed by atoms with Gasteiger partial charge in [-0.05, 0) is 43.2 Å². The van der Waals surface area contributed by atoms with E-state index >= 15 is 0 Å². The Morgan fingerprint density at radius 2 is 2.00 bits per heavy atom. The van der Waals surface area contributed by atoms with Gasteiger partial charge in [0.2, 0.25) is 11.8 Å². The number of para-hydroxylation sites is 2. The second-order valence-corrected chi connectivity index (χ2v) is 6.43. The molecule has 2 saturated carbocycles. The van der Waals surface area contributed by atoms with Crippen LogP contribution in [-0.2, 0) is 9.59 Å². The van der Waals surface area contributed by atoms with E-state index in [1.54, 1.807) is 4.90 Å². The fraction of sp³-hybridized carbons (Fsp3) is 0.500. The molecule has 0 radical (unpaired) electrons. The summed E-state index contributed by atoms with van der Waals surface area (Å²) in [6.45, 7) is 0.0937. The highest BCUT2D eigenvalue weighted by Gasteiger charge is 2.50. The molecule has 3 N–H and O–H groups in total. The highest BCUT2D eigenvalue weighted by Crippen LogP contribution is 2.48. The van der Waals surface area contributed by atoms with Gasteiger partial charge in [-0.15, -0.1) is 0 Å². The standard InChI is InChI=1S/C16H19N3O2/c17-15-10-6-5-9(7-10)14(15)16(21)19-8-13(20)18-11-3-1-2-4-12(11)19/h1-4,9-10,14-15H,5-8,17H2,(H,18,20). The Labute approximate surface area is 123 Å². The van der Waals surface area contributed by atoms with Crippen molar-refractivity contribution in [1.29, 1.82) is 0 Å². The first-order chi connectivity index (χ1) is 10.1. The van der Waals surface area contributed by atoms with E-state index in [2.05, 4.69) is 5.32 Å². The van der Waals surface area contributed by atoms with E-state index in [0.29, 0.717) is 17.5 Å². The summed E-state index contributed by atoms with van der Waals surface area (Å²) in [5.41, 5.74) is 7.77. The molecule has 4 unspecified atom stereocenters. The Hall–Kier alpha value is -1.88. The van der Waals surface area contributed by atoms with Crippen molar-refractivity contribution in [3.8, 4) is 0 Å². The van der Waals surface area contributed by atoms with Gasteiger partial charge < -0.3 is 16.0 Å². The summed E-state index contributed by atoms with van der Waals surface area (Å²) in [5, 5.41) is 2.82. The van der Waals surface area contributed by atoms with Crippen molar-refractivity contribution in [3.05, 3.63) is 24.3 Å². The van der Waals surface area contributed by atoms with Gasteiger partial charge in [0.15, 0.2) is 0 Å². The number of amides is 2. The van der Waals surface area contributed by atoms with Crippen LogP contribution in [0.2, 0.25) is 0 Å². The van der Waals surface area contributed by atoms with Crippen molar-refractivity contribution in [2.45, 2.75) is 25.3 Å². The number of anilines is 2. The molecule has 110 valence electrons. The lowest BCUT2D eigenvalue weighted by Crippen LogP contribution is -2.50. The highest BCUT2D eigenvalue weighted by molar-refractivity contribution is 6.10. The van der Waals surface area contributed by atoms with Crippen LogP contribution >= 0.6 is 0 Å². The molecule has 21 heavy (non-hydrogen) atoms. The number of carbonyl (C=O) groups is 2. The van der Waals surface area contributed by atoms with E-state index in [1.807, 2.05) is 24.3 Å². The summed E-state index contributed by atoms with van der Waals surface area (Å²) in [4.78, 5) is 26.5. The number of fused-ring (bicyclic) bond motifs is 3. The minimum atomic E-state index is -0.140. The Balaban J connectivity index is 1.67. The predicted molar refractivity (Wildman–Crippen MR) is 79.7 cm³/mol. The van der Waals surface area contributed by atoms with Crippen molar-refractivity contribution in [2.24, 2.45) is 23.5 Å². The van der Waals surface area contributed by atoms with Gasteiger partial charge >= 0.3 is 0 Å². The van der Waals surface area contributed by atoms with Crippen LogP contribution in [0.5, 0.6) is 0 Å². The van der Waals surface area contributed by atoms with Gasteiger partial charge in [0, 0.05) is 6.04 Å². The van der Waals surface area contributed by atoms with E-state index in [1.165, 1.54) is 0 Å². The molecule has 5 nitrogen and oxygen atoms in total. The van der Waals surface area contributed by atoms with Crippen molar-refractivity contribution in [1.82, 2.24) is 0 Å². The lowest BCUT2D eigenvalue weighted by Gasteiger charge is -2.35. The van der Waals surface area contributed by atoms with Gasteiger partial charge in [-0.25, -0.2) is 0 Å². The molecule has 2 aliphatic carbocycles. The number of nitrogens with two attached hydrogens (primary N) is 1. The smallest absolute Gasteiger partial charge is 0.244 e. The molecule has 1 aromatic rings. The lowest BCUT2D eigenvalue weighted by molar-refractivity contribution is -0.126. The molecule has 1 aromatic carbocycles. The number of carbonyl (C=O) groups excluding carboxylic acids is 2. The summed E-state index contributed by atoms with van der Waals surface area (Å²) < 4.78 is 0. The number of nitrogens with one attached hydrogen (secondary N) is 1. The van der Waals surface area contributed by atoms with E-state index in [-0.39, 0.29) is 30.3 Å². The number of hydrogen-bond donors (Lipinski definition) is 2. The predicted octanol–water partition coefficient (Wildman–Crippen LogP) is 1.35. The second kappa shape index (κ2) is 4.56. The minimum Gasteiger partial charge on any atom is -0.327 e. The quantitative estimate of drug-likeness (QED) is 0.817. The summed E-state index contributed by atoms with van der Waals surface area (Å²) >= 11 is 0. The molecule has 4 rings (SSSR count). The number of rotatable bonds is 1. The molecule has 0 aromatic heterocycles. The normalized spacial score (nSPS) is 33.8. The zero-order valence-electron chi connectivity index (χ0n) is 11.8. The fourth-order valence-corrected chi connectivity index (χ4v) is 4.31. The number of nitrogens with zero attached hydrogens (tertiary/aromatic N) is 1. The molecule has 0 spiro atoms. The van der Waals surface area contributed by atoms with Crippen molar-refractivity contribution < 1.29 is 9.59 Å². The zero-order chi connectivity index (χ0) is 14.6. The fourth-order valence-electron chi connectivity index (χ4n) is 4.31. The van der Waals surface area contributed by atoms with Crippen molar-refractivity contribution in [3.63, 3.8) is 0 Å². The average Bonchev–Trinajstić information content (AvgIpc) is 3.06. The maximum Gasteiger partial charge on any atom is 0.244 e. The molecule has 0 saturated heterocycles. The van der Waals surface area contributed by atoms with Gasteiger partial charge in [-0.1, -0.05) is 12.1 Å². The molecule has 2 fully saturated rings. The molecule has 4 atom stereocenters. The van der Waals surface area contributed by atoms with Crippen LogP contribution in [0.25, 0.3) is 0 Å². The van der Waals surface area contributed by atoms with E-state index in [4.69, 9.17) is 5.73 Å². The van der Waals surface area contributed by atoms with E-state index in [0.717, 1.165) is 24.9 Å². The summed E-state index contributed by atoms with van der Waals surface area (Å²) in [6, 6.07) is 7.40. The third-order valence-corrected chi connectivity index (χ3v) is 5.30. The van der Waals surface area contributed by atoms with Crippen LogP contribution in [-0.4, -0.2) is 24.4 Å². The van der Waals surface area contributed by atoms with Gasteiger partial charge in [-0.2, -0.15) is 0 Å². The SMILES string of the molecule is NC1C2CCC(C2)C1C(=O)N1CC(=O)Nc2ccccc21. The molecular weight excluding hydrogens is 266 g/mol. The maximum atomic E-state index is 13.0. The van der Waals surface area contributed by atoms with Crippen molar-refractivity contribution >= 4 is 23.2 Å². The minimum absolute atomic E-state index is 0.0250. The molecular formula is C16H19N3O2. The Kier molecular flexibility index (Phi) is 2.79. The largest absolute Gasteiger partial charge is 0.327 e. The molecule has 1 aliphatic heterocycles. The summed E-state index contributed by atoms with van der Waals surface area (Å²) in [5.74, 6) is 0.644. The third kappa shape index (κ3) is 1.87. The molecule has 3 aliphatic rings. The molecule has 2 amide bonds. The van der Waals surface area contributed by atoms with Crippen LogP contribution in [0, 0.1) is 17.8 Å². The van der Waals surface area contributed by atoms with E-state index in [9.17, 15) is 9.59 Å². The third-order valence-electron chi connectivity index (χ3n) is 5.30. The molecule has 1 heterocycles. The first kappa shape index (κ1) is 12.8. The summed E-state index contributed by atoms with van der Waals surface area (Å²) in [7, 11) is 0. The average molecular weight is 285 g/mol. The van der Waals surface area contributed by atoms with Crippen molar-refractivity contribution in [2.75, 3.05) is 16.8 Å². The zero-order valence-corrected chi connectivity index (χ0v) is 11.8. The summed E-state index contributed by atoms with van der Waals surface area (Å²) in [6.07, 6.45) is 3.31. The highest BCUT2D eigenvalue weighted by atomic mass is 16.2. The molecule has 5 heteroatoms. The van der Waals surface area contributed by atoms with Gasteiger partial charge in [-0.3, -0.25) is 9.59 Å². The molecule has 2 bridgehead atoms.